The number of nitrogens with zero attached hydrogens (tertiary/aromatic N) is 3. The van der Waals surface area contributed by atoms with Crippen molar-refractivity contribution >= 4 is 5.82 Å². The summed E-state index contributed by atoms with van der Waals surface area (Å²) in [5.41, 5.74) is -0.0101. The molecule has 0 atom stereocenters. The van der Waals surface area contributed by atoms with Crippen molar-refractivity contribution in [3.8, 4) is 0 Å². The summed E-state index contributed by atoms with van der Waals surface area (Å²) in [6.07, 6.45) is 6.28. The lowest BCUT2D eigenvalue weighted by molar-refractivity contribution is 0.0158. The van der Waals surface area contributed by atoms with Crippen molar-refractivity contribution < 1.29 is 9.84 Å². The zero-order chi connectivity index (χ0) is 14.4. The van der Waals surface area contributed by atoms with E-state index in [1.807, 2.05) is 4.90 Å². The highest BCUT2D eigenvalue weighted by molar-refractivity contribution is 5.36. The number of ether oxygens (including phenoxy) is 1. The summed E-state index contributed by atoms with van der Waals surface area (Å²) in [6, 6.07) is 0. The van der Waals surface area contributed by atoms with Gasteiger partial charge in [-0.3, -0.25) is 4.79 Å². The molecule has 1 aliphatic heterocycles. The van der Waals surface area contributed by atoms with Gasteiger partial charge in [-0.15, -0.1) is 0 Å². The predicted molar refractivity (Wildman–Crippen MR) is 77.1 cm³/mol. The van der Waals surface area contributed by atoms with Gasteiger partial charge in [-0.1, -0.05) is 6.92 Å². The third-order valence-electron chi connectivity index (χ3n) is 3.55. The molecule has 0 spiro atoms. The lowest BCUT2D eigenvalue weighted by Gasteiger charge is -2.32. The first-order chi connectivity index (χ1) is 9.76. The van der Waals surface area contributed by atoms with E-state index in [2.05, 4.69) is 11.9 Å². The molecular formula is C14H23N3O3. The number of anilines is 1. The van der Waals surface area contributed by atoms with Crippen LogP contribution in [-0.2, 0) is 11.3 Å². The predicted octanol–water partition coefficient (Wildman–Crippen LogP) is 0.631. The zero-order valence-electron chi connectivity index (χ0n) is 12.0. The van der Waals surface area contributed by atoms with E-state index in [-0.39, 0.29) is 18.3 Å². The maximum atomic E-state index is 12.3. The molecule has 1 saturated heterocycles. The van der Waals surface area contributed by atoms with Crippen molar-refractivity contribution in [2.75, 3.05) is 31.2 Å². The van der Waals surface area contributed by atoms with Gasteiger partial charge in [0.2, 0.25) is 0 Å². The van der Waals surface area contributed by atoms with Gasteiger partial charge in [-0.2, -0.15) is 0 Å². The number of hydrogen-bond acceptors (Lipinski definition) is 5. The molecule has 0 saturated carbocycles. The molecule has 2 heterocycles. The van der Waals surface area contributed by atoms with Gasteiger partial charge in [0, 0.05) is 32.0 Å². The van der Waals surface area contributed by atoms with Crippen LogP contribution in [0.1, 0.15) is 26.2 Å². The molecule has 6 nitrogen and oxygen atoms in total. The van der Waals surface area contributed by atoms with Gasteiger partial charge in [0.1, 0.15) is 0 Å². The third kappa shape index (κ3) is 3.58. The SMILES string of the molecule is CCCn1ccnc(N2CCC(OCCO)CC2)c1=O. The quantitative estimate of drug-likeness (QED) is 0.828. The molecule has 1 aromatic rings. The first kappa shape index (κ1) is 15.0. The number of aryl methyl sites for hydroxylation is 1. The van der Waals surface area contributed by atoms with Crippen LogP contribution in [0.25, 0.3) is 0 Å². The van der Waals surface area contributed by atoms with Crippen LogP contribution < -0.4 is 10.5 Å². The molecule has 1 N–H and O–H groups in total. The normalized spacial score (nSPS) is 16.6. The standard InChI is InChI=1S/C14H23N3O3/c1-2-6-17-9-5-15-13(14(17)19)16-7-3-12(4-8-16)20-11-10-18/h5,9,12,18H,2-4,6-8,10-11H2,1H3. The van der Waals surface area contributed by atoms with E-state index in [1.54, 1.807) is 17.0 Å². The number of rotatable bonds is 6. The van der Waals surface area contributed by atoms with Crippen LogP contribution in [-0.4, -0.2) is 47.1 Å². The minimum Gasteiger partial charge on any atom is -0.394 e. The molecule has 2 rings (SSSR count). The van der Waals surface area contributed by atoms with E-state index >= 15 is 0 Å². The minimum atomic E-state index is -0.0101. The summed E-state index contributed by atoms with van der Waals surface area (Å²) in [5.74, 6) is 0.543. The van der Waals surface area contributed by atoms with Gasteiger partial charge in [0.05, 0.1) is 19.3 Å². The Labute approximate surface area is 119 Å². The Balaban J connectivity index is 2.00. The fourth-order valence-corrected chi connectivity index (χ4v) is 2.52. The van der Waals surface area contributed by atoms with Crippen LogP contribution in [0.15, 0.2) is 17.2 Å². The molecule has 0 bridgehead atoms. The van der Waals surface area contributed by atoms with Crippen molar-refractivity contribution in [3.63, 3.8) is 0 Å². The zero-order valence-corrected chi connectivity index (χ0v) is 12.0. The van der Waals surface area contributed by atoms with Crippen LogP contribution in [0, 0.1) is 0 Å². The molecule has 0 unspecified atom stereocenters. The van der Waals surface area contributed by atoms with Crippen molar-refractivity contribution in [1.82, 2.24) is 9.55 Å². The molecule has 1 aliphatic rings. The summed E-state index contributed by atoms with van der Waals surface area (Å²) in [7, 11) is 0. The Bertz CT molecular complexity index is 467. The summed E-state index contributed by atoms with van der Waals surface area (Å²) < 4.78 is 7.25. The summed E-state index contributed by atoms with van der Waals surface area (Å²) >= 11 is 0. The minimum absolute atomic E-state index is 0.0101. The van der Waals surface area contributed by atoms with Crippen molar-refractivity contribution in [2.45, 2.75) is 38.8 Å². The summed E-state index contributed by atoms with van der Waals surface area (Å²) in [6.45, 7) is 4.77. The highest BCUT2D eigenvalue weighted by Crippen LogP contribution is 2.16. The number of aromatic nitrogens is 2. The Kier molecular flexibility index (Phi) is 5.55. The fraction of sp³-hybridized carbons (Fsp3) is 0.714. The number of piperidine rings is 1. The Morgan fingerprint density at radius 3 is 2.85 bits per heavy atom. The molecule has 20 heavy (non-hydrogen) atoms. The molecule has 1 fully saturated rings. The van der Waals surface area contributed by atoms with E-state index < -0.39 is 0 Å². The average molecular weight is 281 g/mol. The molecule has 0 radical (unpaired) electrons. The fourth-order valence-electron chi connectivity index (χ4n) is 2.52. The van der Waals surface area contributed by atoms with Gasteiger partial charge in [0.15, 0.2) is 5.82 Å². The highest BCUT2D eigenvalue weighted by atomic mass is 16.5. The lowest BCUT2D eigenvalue weighted by atomic mass is 10.1. The summed E-state index contributed by atoms with van der Waals surface area (Å²) in [5, 5.41) is 8.75. The second-order valence-electron chi connectivity index (χ2n) is 5.03. The van der Waals surface area contributed by atoms with Crippen LogP contribution in [0.4, 0.5) is 5.82 Å². The Morgan fingerprint density at radius 1 is 1.45 bits per heavy atom. The van der Waals surface area contributed by atoms with Crippen molar-refractivity contribution in [2.24, 2.45) is 0 Å². The maximum absolute atomic E-state index is 12.3. The number of aliphatic hydroxyl groups is 1. The Morgan fingerprint density at radius 2 is 2.20 bits per heavy atom. The third-order valence-corrected chi connectivity index (χ3v) is 3.55. The van der Waals surface area contributed by atoms with Crippen LogP contribution in [0.5, 0.6) is 0 Å². The lowest BCUT2D eigenvalue weighted by Crippen LogP contribution is -2.41. The second-order valence-corrected chi connectivity index (χ2v) is 5.03. The molecule has 1 aromatic heterocycles. The van der Waals surface area contributed by atoms with E-state index in [1.165, 1.54) is 0 Å². The van der Waals surface area contributed by atoms with E-state index in [4.69, 9.17) is 9.84 Å². The molecule has 0 amide bonds. The Hall–Kier alpha value is -1.40. The monoisotopic (exact) mass is 281 g/mol. The summed E-state index contributed by atoms with van der Waals surface area (Å²) in [4.78, 5) is 18.6. The van der Waals surface area contributed by atoms with Crippen molar-refractivity contribution in [1.29, 1.82) is 0 Å². The van der Waals surface area contributed by atoms with Gasteiger partial charge in [-0.25, -0.2) is 4.98 Å². The molecular weight excluding hydrogens is 258 g/mol. The maximum Gasteiger partial charge on any atom is 0.293 e. The van der Waals surface area contributed by atoms with Crippen LogP contribution in [0.3, 0.4) is 0 Å². The van der Waals surface area contributed by atoms with Gasteiger partial charge < -0.3 is 19.3 Å². The smallest absolute Gasteiger partial charge is 0.293 e. The van der Waals surface area contributed by atoms with E-state index in [0.717, 1.165) is 38.9 Å². The molecule has 0 aromatic carbocycles. The molecule has 6 heteroatoms. The van der Waals surface area contributed by atoms with Gasteiger partial charge in [0.25, 0.3) is 5.56 Å². The van der Waals surface area contributed by atoms with Crippen LogP contribution >= 0.6 is 0 Å². The molecule has 0 aliphatic carbocycles. The largest absolute Gasteiger partial charge is 0.394 e. The number of aliphatic hydroxyl groups excluding tert-OH is 1. The highest BCUT2D eigenvalue weighted by Gasteiger charge is 2.22. The first-order valence-corrected chi connectivity index (χ1v) is 7.29. The van der Waals surface area contributed by atoms with Crippen LogP contribution in [0.2, 0.25) is 0 Å². The first-order valence-electron chi connectivity index (χ1n) is 7.29. The van der Waals surface area contributed by atoms with E-state index in [0.29, 0.717) is 12.4 Å². The van der Waals surface area contributed by atoms with Gasteiger partial charge in [-0.05, 0) is 19.3 Å². The molecule has 112 valence electrons. The number of hydrogen-bond donors (Lipinski definition) is 1. The second kappa shape index (κ2) is 7.40. The topological polar surface area (TPSA) is 67.6 Å². The van der Waals surface area contributed by atoms with Gasteiger partial charge >= 0.3 is 0 Å². The van der Waals surface area contributed by atoms with Crippen molar-refractivity contribution in [3.05, 3.63) is 22.7 Å². The average Bonchev–Trinajstić information content (AvgIpc) is 2.48. The van der Waals surface area contributed by atoms with E-state index in [9.17, 15) is 4.79 Å².